The average Bonchev–Trinajstić information content (AvgIpc) is 1.61. The van der Waals surface area contributed by atoms with Crippen LogP contribution in [0, 0.1) is 88.8 Å². The number of aryl methyl sites for hydroxylation is 2. The summed E-state index contributed by atoms with van der Waals surface area (Å²) in [7, 11) is 11.0. The van der Waals surface area contributed by atoms with Crippen LogP contribution in [0.3, 0.4) is 0 Å². The molecule has 0 aromatic carbocycles. The van der Waals surface area contributed by atoms with Gasteiger partial charge in [-0.3, -0.25) is 0 Å². The van der Waals surface area contributed by atoms with E-state index in [0.29, 0.717) is 17.4 Å². The summed E-state index contributed by atoms with van der Waals surface area (Å²) >= 11 is 0. The molecule has 7 nitrogen and oxygen atoms in total. The van der Waals surface area contributed by atoms with Crippen LogP contribution in [0.25, 0.3) is 0 Å². The number of nitrogens with one attached hydrogen (secondary N) is 1. The fraction of sp³-hybridized carbons (Fsp3) is 0.931. The lowest BCUT2D eigenvalue weighted by Gasteiger charge is -2.38. The van der Waals surface area contributed by atoms with Gasteiger partial charge in [-0.1, -0.05) is 260 Å². The second kappa shape index (κ2) is 49.0. The highest BCUT2D eigenvalue weighted by Gasteiger charge is 2.32. The number of likely N-dealkylation sites (tertiary alicyclic amines) is 2. The molecule has 94 heavy (non-hydrogen) atoms. The Balaban J connectivity index is 0.000000524. The van der Waals surface area contributed by atoms with E-state index in [0.717, 1.165) is 101 Å². The van der Waals surface area contributed by atoms with E-state index in [2.05, 4.69) is 248 Å². The van der Waals surface area contributed by atoms with Crippen LogP contribution in [0.1, 0.15) is 363 Å². The maximum atomic E-state index is 3.53. The smallest absolute Gasteiger partial charge is 0.195 e. The Labute approximate surface area is 592 Å². The van der Waals surface area contributed by atoms with E-state index in [9.17, 15) is 0 Å². The monoisotopic (exact) mass is 1320 g/mol. The molecule has 0 radical (unpaired) electrons. The van der Waals surface area contributed by atoms with Gasteiger partial charge in [0.25, 0.3) is 0 Å². The zero-order valence-corrected chi connectivity index (χ0v) is 69.7. The zero-order chi connectivity index (χ0) is 71.3. The fourth-order valence-corrected chi connectivity index (χ4v) is 15.7. The third-order valence-corrected chi connectivity index (χ3v) is 24.2. The predicted octanol–water partition coefficient (Wildman–Crippen LogP) is 23.7. The zero-order valence-electron chi connectivity index (χ0n) is 69.7. The third kappa shape index (κ3) is 38.8. The van der Waals surface area contributed by atoms with Crippen molar-refractivity contribution in [2.75, 3.05) is 46.8 Å². The Hall–Kier alpha value is -1.70. The highest BCUT2D eigenvalue weighted by Crippen LogP contribution is 2.38. The average molecular weight is 1320 g/mol. The third-order valence-electron chi connectivity index (χ3n) is 24.2. The van der Waals surface area contributed by atoms with E-state index < -0.39 is 0 Å². The molecule has 3 aliphatic heterocycles. The van der Waals surface area contributed by atoms with Crippen LogP contribution in [-0.2, 0) is 27.7 Å². The van der Waals surface area contributed by atoms with Gasteiger partial charge in [0.15, 0.2) is 26.0 Å². The number of unbranched alkanes of at least 4 members (excludes halogenated alkanes) is 1. The molecule has 2 aromatic heterocycles. The molecule has 8 aliphatic rings. The quantitative estimate of drug-likeness (QED) is 0.160. The maximum Gasteiger partial charge on any atom is 0.195 e. The Bertz CT molecular complexity index is 2000. The van der Waals surface area contributed by atoms with E-state index in [1.165, 1.54) is 222 Å². The molecule has 10 rings (SSSR count). The van der Waals surface area contributed by atoms with E-state index in [-0.39, 0.29) is 0 Å². The summed E-state index contributed by atoms with van der Waals surface area (Å²) < 4.78 is 10.0. The summed E-state index contributed by atoms with van der Waals surface area (Å²) in [4.78, 5) is 2.56. The molecule has 8 fully saturated rings. The van der Waals surface area contributed by atoms with E-state index in [1.807, 2.05) is 7.05 Å². The molecule has 5 saturated carbocycles. The molecule has 0 spiro atoms. The number of nitrogens with zero attached hydrogens (tertiary/aromatic N) is 6. The summed E-state index contributed by atoms with van der Waals surface area (Å²) in [5.74, 6) is 15.9. The van der Waals surface area contributed by atoms with Crippen molar-refractivity contribution < 1.29 is 13.8 Å². The van der Waals surface area contributed by atoms with Gasteiger partial charge in [0, 0.05) is 30.1 Å². The van der Waals surface area contributed by atoms with Crippen molar-refractivity contribution in [3.63, 3.8) is 0 Å². The largest absolute Gasteiger partial charge is 0.328 e. The van der Waals surface area contributed by atoms with Crippen LogP contribution < -0.4 is 14.7 Å². The van der Waals surface area contributed by atoms with Crippen molar-refractivity contribution in [1.29, 1.82) is 0 Å². The lowest BCUT2D eigenvalue weighted by Crippen LogP contribution is -2.46. The highest BCUT2D eigenvalue weighted by atomic mass is 15.4. The first kappa shape index (κ1) is 90.3. The van der Waals surface area contributed by atoms with Crippen LogP contribution >= 0.6 is 0 Å². The number of aromatic nitrogens is 4. The van der Waals surface area contributed by atoms with Crippen molar-refractivity contribution in [1.82, 2.24) is 19.6 Å². The van der Waals surface area contributed by atoms with E-state index in [4.69, 9.17) is 0 Å². The van der Waals surface area contributed by atoms with Crippen molar-refractivity contribution in [2.24, 2.45) is 110 Å². The molecular weight excluding hydrogens is 1140 g/mol. The second-order valence-electron chi connectivity index (χ2n) is 36.6. The Morgan fingerprint density at radius 3 is 1.05 bits per heavy atom. The summed E-state index contributed by atoms with van der Waals surface area (Å²) in [5.41, 5.74) is 3.19. The first-order chi connectivity index (χ1) is 44.0. The van der Waals surface area contributed by atoms with Crippen LogP contribution in [0.2, 0.25) is 0 Å². The van der Waals surface area contributed by atoms with Gasteiger partial charge in [-0.05, 0) is 193 Å². The normalized spacial score (nSPS) is 22.5. The van der Waals surface area contributed by atoms with E-state index in [1.54, 1.807) is 0 Å². The van der Waals surface area contributed by atoms with Crippen molar-refractivity contribution in [3.8, 4) is 0 Å². The van der Waals surface area contributed by atoms with Crippen LogP contribution in [0.15, 0.2) is 24.5 Å². The SMILES string of the molecule is CC(C)C1CCC1.CC(C)C1CCCC1.CC(C)C1CCCCC1.CC(C)C1CCCCC1.CC(C)C1CC[N+](C)(C)CC1.CC(C)C1CNC(C)(C)C1.CC(C)N1CCCCC1.CC(C)c1cc[n+](C)n1C.CC1CC(C(C)C)C1.CCCC[n+]1ccc(C(C)C)n1C. The summed E-state index contributed by atoms with van der Waals surface area (Å²) in [6.45, 7) is 63.1. The van der Waals surface area contributed by atoms with Gasteiger partial charge >= 0.3 is 0 Å². The predicted molar refractivity (Wildman–Crippen MR) is 419 cm³/mol. The van der Waals surface area contributed by atoms with Gasteiger partial charge in [-0.2, -0.15) is 9.36 Å². The minimum Gasteiger partial charge on any atom is -0.328 e. The number of piperidine rings is 2. The number of rotatable bonds is 13. The Morgan fingerprint density at radius 2 is 0.819 bits per heavy atom. The second-order valence-corrected chi connectivity index (χ2v) is 36.6. The summed E-state index contributed by atoms with van der Waals surface area (Å²) in [6, 6.07) is 5.15. The molecule has 5 heterocycles. The first-order valence-corrected chi connectivity index (χ1v) is 41.4. The molecule has 3 saturated heterocycles. The summed E-state index contributed by atoms with van der Waals surface area (Å²) in [6.07, 6.45) is 43.6. The molecular formula is C87H176N7+3. The molecule has 1 unspecified atom stereocenters. The van der Waals surface area contributed by atoms with Crippen LogP contribution in [0.5, 0.6) is 0 Å². The van der Waals surface area contributed by atoms with Crippen LogP contribution in [-0.4, -0.2) is 77.1 Å². The molecule has 5 aliphatic carbocycles. The molecule has 0 amide bonds. The minimum atomic E-state index is 0.398. The molecule has 556 valence electrons. The van der Waals surface area contributed by atoms with E-state index >= 15 is 0 Å². The topological polar surface area (TPSA) is 32.9 Å². The molecule has 0 bridgehead atoms. The van der Waals surface area contributed by atoms with Gasteiger partial charge in [0.1, 0.15) is 0 Å². The number of hydrogen-bond donors (Lipinski definition) is 1. The maximum absolute atomic E-state index is 3.53. The van der Waals surface area contributed by atoms with Crippen molar-refractivity contribution in [3.05, 3.63) is 35.9 Å². The fourth-order valence-electron chi connectivity index (χ4n) is 15.7. The van der Waals surface area contributed by atoms with Gasteiger partial charge < -0.3 is 14.7 Å². The van der Waals surface area contributed by atoms with Crippen molar-refractivity contribution in [2.45, 2.75) is 369 Å². The summed E-state index contributed by atoms with van der Waals surface area (Å²) in [5, 5.41) is 3.53. The molecule has 1 atom stereocenters. The lowest BCUT2D eigenvalue weighted by molar-refractivity contribution is -0.896. The Kier molecular flexibility index (Phi) is 47.0. The molecule has 7 heteroatoms. The molecule has 2 aromatic rings. The Morgan fingerprint density at radius 1 is 0.468 bits per heavy atom. The lowest BCUT2D eigenvalue weighted by atomic mass is 9.71. The first-order valence-electron chi connectivity index (χ1n) is 41.4. The number of hydrogen-bond acceptors (Lipinski definition) is 2. The minimum absolute atomic E-state index is 0.398. The van der Waals surface area contributed by atoms with Crippen LogP contribution in [0.4, 0.5) is 0 Å². The number of quaternary nitrogens is 1. The van der Waals surface area contributed by atoms with Crippen molar-refractivity contribution >= 4 is 0 Å². The van der Waals surface area contributed by atoms with Gasteiger partial charge in [-0.25, -0.2) is 0 Å². The highest BCUT2D eigenvalue weighted by molar-refractivity contribution is 5.02. The van der Waals surface area contributed by atoms with Gasteiger partial charge in [0.05, 0.1) is 52.7 Å². The standard InChI is InChI=1S/C11H21N2.C10H22N.C9H19N.2C9H18.C8H15N2.C8H17N.2C8H16.C7H14/c1-5-6-8-13-9-7-11(10(2)3)12(13)4;1-9(2)10-5-7-11(3,4)8-6-10;1-7(2)8-5-9(3,4)10-6-8;2*1-8(2)9-6-4-3-5-7-9;1-7(2)8-5-6-9(3)10(8)4;1-8(2)9-6-4-3-5-7-9;1-6(2)8-4-7(3)5-8;1-7(2)8-5-3-4-6-8;1-6(2)7-4-3-5-7/h7,9-10H,5-6,8H2,1-4H3;9-10H,5-8H2,1-4H3;7-8,10H,5-6H2,1-4H3;2*8-9H,3-7H2,1-2H3;5-7H,1-4H3;8H,3-7H2,1-2H3;6-8H,4-5H2,1-3H3;7-8H,3-6H2,1-2H3;6-7H,3-5H2,1-2H3/q2*+1;;;;+1;;;;. The van der Waals surface area contributed by atoms with Gasteiger partial charge in [0.2, 0.25) is 0 Å². The molecule has 1 N–H and O–H groups in total. The van der Waals surface area contributed by atoms with Gasteiger partial charge in [-0.15, -0.1) is 9.36 Å².